The van der Waals surface area contributed by atoms with Crippen molar-refractivity contribution in [2.24, 2.45) is 46.3 Å². The summed E-state index contributed by atoms with van der Waals surface area (Å²) < 4.78 is 0. The Labute approximate surface area is 228 Å². The Bertz CT molecular complexity index is 1680. The first-order valence-electron chi connectivity index (χ1n) is 13.6. The van der Waals surface area contributed by atoms with Crippen LogP contribution in [0.15, 0.2) is 35.4 Å². The Kier molecular flexibility index (Phi) is 3.89. The van der Waals surface area contributed by atoms with Gasteiger partial charge in [0.25, 0.3) is 0 Å². The van der Waals surface area contributed by atoms with E-state index in [0.717, 1.165) is 0 Å². The predicted molar refractivity (Wildman–Crippen MR) is 141 cm³/mol. The highest BCUT2D eigenvalue weighted by molar-refractivity contribution is 6.30. The molecule has 0 radical (unpaired) electrons. The summed E-state index contributed by atoms with van der Waals surface area (Å²) in [6.45, 7) is 7.02. The lowest BCUT2D eigenvalue weighted by molar-refractivity contribution is -0.135. The molecule has 8 nitrogen and oxygen atoms in total. The number of aliphatic hydroxyl groups is 2. The molecule has 8 heteroatoms. The molecule has 8 atom stereocenters. The third kappa shape index (κ3) is 1.97. The molecule has 0 heterocycles. The maximum atomic E-state index is 14.8. The van der Waals surface area contributed by atoms with Crippen LogP contribution >= 0.6 is 0 Å². The second-order valence-electron chi connectivity index (χ2n) is 12.7. The molecule has 2 aromatic carbocycles. The minimum Gasteiger partial charge on any atom is -0.507 e. The quantitative estimate of drug-likeness (QED) is 0.389. The Hall–Kier alpha value is -4.20. The molecule has 4 fully saturated rings. The lowest BCUT2D eigenvalue weighted by Gasteiger charge is -2.54. The van der Waals surface area contributed by atoms with E-state index in [0.29, 0.717) is 11.1 Å². The van der Waals surface area contributed by atoms with Crippen molar-refractivity contribution in [3.05, 3.63) is 68.8 Å². The number of aliphatic hydroxyl groups excluding tert-OH is 2. The van der Waals surface area contributed by atoms with Crippen LogP contribution in [0.3, 0.4) is 0 Å². The Morgan fingerprint density at radius 3 is 1.30 bits per heavy atom. The number of benzene rings is 2. The van der Waals surface area contributed by atoms with Crippen molar-refractivity contribution in [1.82, 2.24) is 0 Å². The third-order valence-corrected chi connectivity index (χ3v) is 11.2. The van der Waals surface area contributed by atoms with Gasteiger partial charge in [0.1, 0.15) is 23.0 Å². The number of aryl methyl sites for hydroxylation is 2. The molecular weight excluding hydrogens is 512 g/mol. The van der Waals surface area contributed by atoms with Gasteiger partial charge in [-0.2, -0.15) is 0 Å². The molecular formula is C32H26O8. The fourth-order valence-corrected chi connectivity index (χ4v) is 10.5. The molecule has 2 aromatic rings. The van der Waals surface area contributed by atoms with Crippen molar-refractivity contribution in [1.29, 1.82) is 0 Å². The number of ketones is 4. The molecule has 2 spiro atoms. The smallest absolute Gasteiger partial charge is 0.175 e. The fraction of sp³-hybridized carbons (Fsp3) is 0.375. The van der Waals surface area contributed by atoms with E-state index in [9.17, 15) is 39.6 Å². The number of phenols is 2. The van der Waals surface area contributed by atoms with E-state index in [2.05, 4.69) is 0 Å². The fourth-order valence-electron chi connectivity index (χ4n) is 10.5. The molecule has 8 rings (SSSR count). The van der Waals surface area contributed by atoms with E-state index < -0.39 is 81.0 Å². The van der Waals surface area contributed by atoms with Crippen LogP contribution in [0.4, 0.5) is 0 Å². The van der Waals surface area contributed by atoms with E-state index in [1.165, 1.54) is 12.1 Å². The summed E-state index contributed by atoms with van der Waals surface area (Å²) >= 11 is 0. The number of Topliss-reactive ketones (excluding diaryl/α,β-unsaturated/α-hetero) is 4. The molecule has 4 N–H and O–H groups in total. The summed E-state index contributed by atoms with van der Waals surface area (Å²) in [5.74, 6) is -8.56. The molecule has 4 bridgehead atoms. The monoisotopic (exact) mass is 538 g/mol. The molecule has 0 aliphatic heterocycles. The summed E-state index contributed by atoms with van der Waals surface area (Å²) in [4.78, 5) is 58.8. The van der Waals surface area contributed by atoms with E-state index >= 15 is 0 Å². The van der Waals surface area contributed by atoms with Gasteiger partial charge in [0.05, 0.1) is 33.1 Å². The highest BCUT2D eigenvalue weighted by Crippen LogP contribution is 2.83. The highest BCUT2D eigenvalue weighted by Gasteiger charge is 2.88. The summed E-state index contributed by atoms with van der Waals surface area (Å²) in [5, 5.41) is 44.9. The number of carbonyl (C=O) groups excluding carboxylic acids is 4. The van der Waals surface area contributed by atoms with E-state index in [1.807, 2.05) is 13.8 Å². The van der Waals surface area contributed by atoms with Gasteiger partial charge in [-0.3, -0.25) is 19.2 Å². The number of aromatic hydroxyl groups is 2. The summed E-state index contributed by atoms with van der Waals surface area (Å²) in [7, 11) is 0. The van der Waals surface area contributed by atoms with Gasteiger partial charge in [-0.1, -0.05) is 13.8 Å². The van der Waals surface area contributed by atoms with Gasteiger partial charge in [0, 0.05) is 23.0 Å². The lowest BCUT2D eigenvalue weighted by atomic mass is 9.44. The summed E-state index contributed by atoms with van der Waals surface area (Å²) in [6, 6.07) is 5.90. The number of allylic oxidation sites excluding steroid dienone is 2. The van der Waals surface area contributed by atoms with Crippen molar-refractivity contribution in [2.75, 3.05) is 0 Å². The van der Waals surface area contributed by atoms with Gasteiger partial charge < -0.3 is 20.4 Å². The van der Waals surface area contributed by atoms with Gasteiger partial charge in [0.2, 0.25) is 0 Å². The van der Waals surface area contributed by atoms with Crippen LogP contribution in [0.5, 0.6) is 11.5 Å². The van der Waals surface area contributed by atoms with Crippen molar-refractivity contribution >= 4 is 34.7 Å². The summed E-state index contributed by atoms with van der Waals surface area (Å²) in [6.07, 6.45) is 0. The van der Waals surface area contributed by atoms with Crippen molar-refractivity contribution < 1.29 is 39.6 Å². The van der Waals surface area contributed by atoms with Gasteiger partial charge in [-0.25, -0.2) is 0 Å². The Balaban J connectivity index is 1.55. The SMILES string of the molecule is Cc1cc(O)c2c(c1)C(=O)C13C(=C2O)C(=O)[C@H]2[C@@H](C)[C@@H]1[C@@H]1[C@@H](C)[C@H]3C(=O)C3=C(O)c4c(O)cc(C)cc4C(=O)C312. The minimum atomic E-state index is -1.75. The van der Waals surface area contributed by atoms with Crippen LogP contribution in [0.2, 0.25) is 0 Å². The minimum absolute atomic E-state index is 0.0368. The number of phenolic OH excluding ortho intramolecular Hbond substituents is 2. The van der Waals surface area contributed by atoms with E-state index in [4.69, 9.17) is 0 Å². The first-order chi connectivity index (χ1) is 18.8. The number of hydrogen-bond acceptors (Lipinski definition) is 8. The molecule has 6 aliphatic carbocycles. The number of rotatable bonds is 0. The normalized spacial score (nSPS) is 38.1. The van der Waals surface area contributed by atoms with Crippen molar-refractivity contribution in [3.8, 4) is 11.5 Å². The molecule has 202 valence electrons. The molecule has 0 amide bonds. The second-order valence-corrected chi connectivity index (χ2v) is 12.7. The van der Waals surface area contributed by atoms with E-state index in [1.54, 1.807) is 26.0 Å². The number of fused-ring (bicyclic) bond motifs is 4. The van der Waals surface area contributed by atoms with Crippen molar-refractivity contribution in [2.45, 2.75) is 27.7 Å². The number of hydrogen-bond donors (Lipinski definition) is 4. The van der Waals surface area contributed by atoms with Crippen LogP contribution in [0, 0.1) is 60.2 Å². The largest absolute Gasteiger partial charge is 0.507 e. The predicted octanol–water partition coefficient (Wildman–Crippen LogP) is 4.25. The molecule has 0 aromatic heterocycles. The zero-order valence-electron chi connectivity index (χ0n) is 22.2. The standard InChI is InChI=1S/C32H26O8/c1-9-5-13-17(15(33)7-9)25(35)23-28(38)22-11(3)19-20-12(4)21(31(19,23)29(13)39)27(37)24-26(36)18-14(30(40)32(20,22)24)6-10(2)8-16(18)34/h5-8,11-12,19-22,33-36H,1-4H3/t11-,12+,19+,20-,21-,22+,31?,32?. The van der Waals surface area contributed by atoms with Crippen LogP contribution in [-0.4, -0.2) is 43.6 Å². The lowest BCUT2D eigenvalue weighted by Crippen LogP contribution is -2.62. The molecule has 40 heavy (non-hydrogen) atoms. The second kappa shape index (κ2) is 6.57. The third-order valence-electron chi connectivity index (χ3n) is 11.2. The van der Waals surface area contributed by atoms with Gasteiger partial charge >= 0.3 is 0 Å². The highest BCUT2D eigenvalue weighted by atomic mass is 16.3. The zero-order chi connectivity index (χ0) is 28.5. The first-order valence-corrected chi connectivity index (χ1v) is 13.6. The number of carbonyl (C=O) groups is 4. The first kappa shape index (κ1) is 23.7. The Morgan fingerprint density at radius 1 is 0.600 bits per heavy atom. The van der Waals surface area contributed by atoms with Gasteiger partial charge in [-0.05, 0) is 72.9 Å². The molecule has 4 saturated carbocycles. The van der Waals surface area contributed by atoms with Gasteiger partial charge in [0.15, 0.2) is 23.1 Å². The van der Waals surface area contributed by atoms with Crippen LogP contribution in [-0.2, 0) is 9.59 Å². The average molecular weight is 539 g/mol. The maximum absolute atomic E-state index is 14.8. The summed E-state index contributed by atoms with van der Waals surface area (Å²) in [5.41, 5.74) is -2.92. The van der Waals surface area contributed by atoms with Crippen LogP contribution in [0.1, 0.15) is 56.8 Å². The van der Waals surface area contributed by atoms with Crippen molar-refractivity contribution in [3.63, 3.8) is 0 Å². The average Bonchev–Trinajstić information content (AvgIpc) is 3.22. The Morgan fingerprint density at radius 2 is 0.950 bits per heavy atom. The topological polar surface area (TPSA) is 149 Å². The van der Waals surface area contributed by atoms with Crippen LogP contribution < -0.4 is 0 Å². The molecule has 0 saturated heterocycles. The molecule has 2 unspecified atom stereocenters. The zero-order valence-corrected chi connectivity index (χ0v) is 22.2. The molecule has 6 aliphatic rings. The maximum Gasteiger partial charge on any atom is 0.175 e. The van der Waals surface area contributed by atoms with E-state index in [-0.39, 0.29) is 44.9 Å². The van der Waals surface area contributed by atoms with Gasteiger partial charge in [-0.15, -0.1) is 0 Å². The van der Waals surface area contributed by atoms with Crippen LogP contribution in [0.25, 0.3) is 11.5 Å².